The predicted octanol–water partition coefficient (Wildman–Crippen LogP) is 8.45. The zero-order chi connectivity index (χ0) is 36.7. The van der Waals surface area contributed by atoms with Crippen molar-refractivity contribution in [3.8, 4) is 0 Å². The molecule has 0 heterocycles. The van der Waals surface area contributed by atoms with Crippen molar-refractivity contribution < 1.29 is 33.3 Å². The third-order valence-electron chi connectivity index (χ3n) is 8.96. The normalized spacial score (nSPS) is 19.5. The molecule has 1 amide bonds. The molecule has 8 nitrogen and oxygen atoms in total. The Morgan fingerprint density at radius 2 is 0.887 bits per heavy atom. The third kappa shape index (κ3) is 11.0. The van der Waals surface area contributed by atoms with Crippen LogP contribution >= 0.6 is 0 Å². The highest BCUT2D eigenvalue weighted by molar-refractivity contribution is 5.69. The van der Waals surface area contributed by atoms with Gasteiger partial charge in [-0.25, -0.2) is 4.79 Å². The maximum atomic E-state index is 14.3. The number of rotatable bonds is 15. The fourth-order valence-electron chi connectivity index (χ4n) is 6.34. The molecule has 5 aromatic rings. The Kier molecular flexibility index (Phi) is 13.6. The van der Waals surface area contributed by atoms with Gasteiger partial charge in [-0.05, 0) is 33.9 Å². The molecular formula is C45H45NO7. The van der Waals surface area contributed by atoms with Gasteiger partial charge in [0.05, 0.1) is 25.9 Å². The van der Waals surface area contributed by atoms with E-state index < -0.39 is 42.5 Å². The fourth-order valence-corrected chi connectivity index (χ4v) is 6.34. The summed E-state index contributed by atoms with van der Waals surface area (Å²) in [4.78, 5) is 28.6. The SMILES string of the molecule is CC(=O)O[C@@H]1C=C[C@H](N(Cc2ccccc2)C(=O)OCc2ccccc2)[C@H](OCc2ccccc2)[C@@H](OCc2ccccc2)[C@@H]1OCc1ccccc1. The van der Waals surface area contributed by atoms with Crippen LogP contribution in [0.2, 0.25) is 0 Å². The van der Waals surface area contributed by atoms with Gasteiger partial charge in [0.25, 0.3) is 0 Å². The number of carbonyl (C=O) groups is 2. The van der Waals surface area contributed by atoms with Crippen molar-refractivity contribution in [1.29, 1.82) is 0 Å². The lowest BCUT2D eigenvalue weighted by atomic mass is 9.99. The third-order valence-corrected chi connectivity index (χ3v) is 8.96. The highest BCUT2D eigenvalue weighted by Gasteiger charge is 2.46. The predicted molar refractivity (Wildman–Crippen MR) is 202 cm³/mol. The van der Waals surface area contributed by atoms with Crippen molar-refractivity contribution in [3.05, 3.63) is 192 Å². The van der Waals surface area contributed by atoms with Crippen molar-refractivity contribution in [2.45, 2.75) is 70.4 Å². The maximum Gasteiger partial charge on any atom is 0.410 e. The standard InChI is InChI=1S/C45H45NO7/c1-34(47)53-41-28-27-40(46(29-35-17-7-2-8-18-35)45(48)52-33-39-25-15-6-16-26-39)42(49-30-36-19-9-3-10-20-36)44(51-32-38-23-13-5-14-24-38)43(41)50-31-37-21-11-4-12-22-37/h2-28,40-44H,29-33H2,1H3/t40-,41+,42-,43+,44+/m0/s1. The molecule has 0 radical (unpaired) electrons. The number of esters is 1. The second-order valence-corrected chi connectivity index (χ2v) is 12.9. The summed E-state index contributed by atoms with van der Waals surface area (Å²) in [6.07, 6.45) is -0.185. The van der Waals surface area contributed by atoms with Crippen LogP contribution in [0.15, 0.2) is 164 Å². The molecule has 5 aromatic carbocycles. The van der Waals surface area contributed by atoms with E-state index in [2.05, 4.69) is 0 Å². The van der Waals surface area contributed by atoms with Crippen LogP contribution in [0.3, 0.4) is 0 Å². The topological polar surface area (TPSA) is 83.5 Å². The molecule has 6 rings (SSSR count). The highest BCUT2D eigenvalue weighted by atomic mass is 16.6. The summed E-state index contributed by atoms with van der Waals surface area (Å²) in [7, 11) is 0. The van der Waals surface area contributed by atoms with Gasteiger partial charge < -0.3 is 23.7 Å². The molecule has 8 heteroatoms. The van der Waals surface area contributed by atoms with Gasteiger partial charge in [-0.1, -0.05) is 158 Å². The maximum absolute atomic E-state index is 14.3. The van der Waals surface area contributed by atoms with Gasteiger partial charge >= 0.3 is 12.1 Å². The molecule has 1 aliphatic carbocycles. The number of nitrogens with zero attached hydrogens (tertiary/aromatic N) is 1. The van der Waals surface area contributed by atoms with Crippen molar-refractivity contribution >= 4 is 12.1 Å². The largest absolute Gasteiger partial charge is 0.455 e. The minimum Gasteiger partial charge on any atom is -0.455 e. The average molecular weight is 712 g/mol. The summed E-state index contributed by atoms with van der Waals surface area (Å²) in [5.74, 6) is -0.474. The number of amides is 1. The quantitative estimate of drug-likeness (QED) is 0.0796. The summed E-state index contributed by atoms with van der Waals surface area (Å²) >= 11 is 0. The van der Waals surface area contributed by atoms with Crippen LogP contribution < -0.4 is 0 Å². The Labute approximate surface area is 311 Å². The van der Waals surface area contributed by atoms with Gasteiger partial charge in [0.2, 0.25) is 0 Å². The van der Waals surface area contributed by atoms with Gasteiger partial charge in [-0.2, -0.15) is 0 Å². The van der Waals surface area contributed by atoms with Gasteiger partial charge in [0, 0.05) is 13.5 Å². The molecule has 0 unspecified atom stereocenters. The van der Waals surface area contributed by atoms with E-state index in [1.54, 1.807) is 11.0 Å². The second-order valence-electron chi connectivity index (χ2n) is 12.9. The highest BCUT2D eigenvalue weighted by Crippen LogP contribution is 2.31. The van der Waals surface area contributed by atoms with Crippen LogP contribution in [-0.2, 0) is 61.5 Å². The minimum absolute atomic E-state index is 0.0871. The van der Waals surface area contributed by atoms with Crippen LogP contribution in [0, 0.1) is 0 Å². The first-order valence-corrected chi connectivity index (χ1v) is 17.9. The molecule has 272 valence electrons. The van der Waals surface area contributed by atoms with Crippen molar-refractivity contribution in [1.82, 2.24) is 4.90 Å². The van der Waals surface area contributed by atoms with E-state index in [-0.39, 0.29) is 33.0 Å². The van der Waals surface area contributed by atoms with Crippen LogP contribution in [0.4, 0.5) is 4.79 Å². The van der Waals surface area contributed by atoms with E-state index in [4.69, 9.17) is 23.7 Å². The van der Waals surface area contributed by atoms with Crippen molar-refractivity contribution in [3.63, 3.8) is 0 Å². The van der Waals surface area contributed by atoms with E-state index in [0.717, 1.165) is 27.8 Å². The Hall–Kier alpha value is -5.54. The number of benzene rings is 5. The van der Waals surface area contributed by atoms with E-state index in [9.17, 15) is 9.59 Å². The number of ether oxygens (including phenoxy) is 5. The first-order chi connectivity index (χ1) is 26.0. The first-order valence-electron chi connectivity index (χ1n) is 17.9. The van der Waals surface area contributed by atoms with Gasteiger partial charge in [0.1, 0.15) is 31.0 Å². The molecule has 0 aliphatic heterocycles. The van der Waals surface area contributed by atoms with Crippen molar-refractivity contribution in [2.75, 3.05) is 0 Å². The number of hydrogen-bond donors (Lipinski definition) is 0. The molecule has 0 saturated heterocycles. The van der Waals surface area contributed by atoms with Gasteiger partial charge in [-0.3, -0.25) is 9.69 Å². The molecule has 0 aromatic heterocycles. The molecule has 53 heavy (non-hydrogen) atoms. The first kappa shape index (κ1) is 37.2. The molecule has 1 aliphatic rings. The molecule has 0 N–H and O–H groups in total. The molecule has 0 bridgehead atoms. The van der Waals surface area contributed by atoms with E-state index in [1.807, 2.05) is 158 Å². The van der Waals surface area contributed by atoms with Crippen LogP contribution in [0.5, 0.6) is 0 Å². The summed E-state index contributed by atoms with van der Waals surface area (Å²) in [6.45, 7) is 2.35. The van der Waals surface area contributed by atoms with Crippen LogP contribution in [0.1, 0.15) is 34.7 Å². The zero-order valence-electron chi connectivity index (χ0n) is 29.8. The fraction of sp³-hybridized carbons (Fsp3) is 0.244. The summed E-state index contributed by atoms with van der Waals surface area (Å²) in [5, 5.41) is 0. The van der Waals surface area contributed by atoms with E-state index in [0.29, 0.717) is 0 Å². The number of carbonyl (C=O) groups excluding carboxylic acids is 2. The van der Waals surface area contributed by atoms with Crippen molar-refractivity contribution in [2.24, 2.45) is 0 Å². The lowest BCUT2D eigenvalue weighted by Gasteiger charge is -2.40. The minimum atomic E-state index is -0.858. The Balaban J connectivity index is 1.42. The van der Waals surface area contributed by atoms with Gasteiger partial charge in [-0.15, -0.1) is 0 Å². The van der Waals surface area contributed by atoms with Gasteiger partial charge in [0.15, 0.2) is 0 Å². The number of hydrogen-bond acceptors (Lipinski definition) is 7. The summed E-state index contributed by atoms with van der Waals surface area (Å²) in [6, 6.07) is 48.0. The Morgan fingerprint density at radius 3 is 1.34 bits per heavy atom. The summed E-state index contributed by atoms with van der Waals surface area (Å²) < 4.78 is 32.4. The molecule has 0 fully saturated rings. The van der Waals surface area contributed by atoms with E-state index in [1.165, 1.54) is 6.92 Å². The lowest BCUT2D eigenvalue weighted by molar-refractivity contribution is -0.189. The lowest BCUT2D eigenvalue weighted by Crippen LogP contribution is -2.56. The molecule has 5 atom stereocenters. The average Bonchev–Trinajstić information content (AvgIpc) is 3.34. The van der Waals surface area contributed by atoms with Crippen LogP contribution in [-0.4, -0.2) is 47.4 Å². The molecular weight excluding hydrogens is 666 g/mol. The molecule has 0 spiro atoms. The molecule has 0 saturated carbocycles. The monoisotopic (exact) mass is 711 g/mol. The Morgan fingerprint density at radius 1 is 0.491 bits per heavy atom. The van der Waals surface area contributed by atoms with Crippen LogP contribution in [0.25, 0.3) is 0 Å². The zero-order valence-corrected chi connectivity index (χ0v) is 29.8. The smallest absolute Gasteiger partial charge is 0.410 e. The Bertz CT molecular complexity index is 1860. The second kappa shape index (κ2) is 19.3. The van der Waals surface area contributed by atoms with E-state index >= 15 is 0 Å². The summed E-state index contributed by atoms with van der Waals surface area (Å²) in [5.41, 5.74) is 4.59.